The van der Waals surface area contributed by atoms with E-state index in [0.717, 1.165) is 43.8 Å². The molecule has 1 unspecified atom stereocenters. The largest absolute Gasteiger partial charge is 0.302 e. The van der Waals surface area contributed by atoms with E-state index in [1.807, 2.05) is 0 Å². The minimum atomic E-state index is -4.20. The van der Waals surface area contributed by atoms with Crippen LogP contribution in [0, 0.1) is 11.6 Å². The number of rotatable bonds is 4. The van der Waals surface area contributed by atoms with Crippen molar-refractivity contribution in [2.45, 2.75) is 36.6 Å². The zero-order chi connectivity index (χ0) is 17.9. The molecule has 0 aromatic heterocycles. The van der Waals surface area contributed by atoms with E-state index >= 15 is 0 Å². The predicted molar refractivity (Wildman–Crippen MR) is 96.3 cm³/mol. The Morgan fingerprint density at radius 1 is 1.04 bits per heavy atom. The molecule has 140 valence electrons. The Kier molecular flexibility index (Phi) is 6.35. The fourth-order valence-corrected chi connectivity index (χ4v) is 6.47. The van der Waals surface area contributed by atoms with Crippen molar-refractivity contribution in [2.75, 3.05) is 37.7 Å². The molecule has 0 radical (unpaired) electrons. The van der Waals surface area contributed by atoms with Crippen molar-refractivity contribution in [3.05, 3.63) is 29.8 Å². The van der Waals surface area contributed by atoms with Crippen LogP contribution in [0.1, 0.15) is 25.7 Å². The summed E-state index contributed by atoms with van der Waals surface area (Å²) >= 11 is 1.72. The zero-order valence-corrected chi connectivity index (χ0v) is 15.8. The second-order valence-electron chi connectivity index (χ2n) is 6.61. The summed E-state index contributed by atoms with van der Waals surface area (Å²) in [4.78, 5) is 1.46. The van der Waals surface area contributed by atoms with Crippen molar-refractivity contribution in [3.63, 3.8) is 0 Å². The van der Waals surface area contributed by atoms with E-state index in [9.17, 15) is 17.2 Å². The summed E-state index contributed by atoms with van der Waals surface area (Å²) < 4.78 is 55.7. The van der Waals surface area contributed by atoms with Crippen molar-refractivity contribution < 1.29 is 17.2 Å². The van der Waals surface area contributed by atoms with E-state index in [4.69, 9.17) is 0 Å². The van der Waals surface area contributed by atoms with E-state index in [1.165, 1.54) is 16.8 Å². The van der Waals surface area contributed by atoms with Gasteiger partial charge in [-0.15, -0.1) is 0 Å². The number of sulfonamides is 1. The highest BCUT2D eigenvalue weighted by Gasteiger charge is 2.37. The number of hydrogen-bond acceptors (Lipinski definition) is 4. The molecule has 25 heavy (non-hydrogen) atoms. The third-order valence-electron chi connectivity index (χ3n) is 4.79. The average Bonchev–Trinajstić information content (AvgIpc) is 2.81. The second kappa shape index (κ2) is 8.33. The highest BCUT2D eigenvalue weighted by atomic mass is 32.2. The molecule has 0 amide bonds. The van der Waals surface area contributed by atoms with Gasteiger partial charge < -0.3 is 4.90 Å². The third-order valence-corrected chi connectivity index (χ3v) is 7.99. The number of benzene rings is 1. The van der Waals surface area contributed by atoms with Gasteiger partial charge in [-0.05, 0) is 50.2 Å². The monoisotopic (exact) mass is 390 g/mol. The van der Waals surface area contributed by atoms with Crippen LogP contribution < -0.4 is 0 Å². The van der Waals surface area contributed by atoms with Crippen LogP contribution in [-0.4, -0.2) is 61.3 Å². The third kappa shape index (κ3) is 4.35. The zero-order valence-electron chi connectivity index (χ0n) is 14.2. The standard InChI is InChI=1S/C17H24F2N2O2S2/c18-15-6-4-7-16(19)17(15)25(22,23)21-10-5-11-24-13-14(21)12-20-8-2-1-3-9-20/h4,6-7,14H,1-3,5,8-13H2. The lowest BCUT2D eigenvalue weighted by atomic mass is 10.1. The first-order chi connectivity index (χ1) is 12.0. The number of halogens is 2. The van der Waals surface area contributed by atoms with Gasteiger partial charge in [0.25, 0.3) is 0 Å². The van der Waals surface area contributed by atoms with Crippen LogP contribution in [-0.2, 0) is 10.0 Å². The quantitative estimate of drug-likeness (QED) is 0.793. The summed E-state index contributed by atoms with van der Waals surface area (Å²) in [7, 11) is -4.20. The maximum Gasteiger partial charge on any atom is 0.249 e. The summed E-state index contributed by atoms with van der Waals surface area (Å²) in [6.07, 6.45) is 4.14. The Labute approximate surface area is 152 Å². The minimum absolute atomic E-state index is 0.255. The summed E-state index contributed by atoms with van der Waals surface area (Å²) in [6, 6.07) is 2.94. The van der Waals surface area contributed by atoms with Crippen LogP contribution >= 0.6 is 11.8 Å². The van der Waals surface area contributed by atoms with E-state index < -0.39 is 26.6 Å². The molecule has 1 atom stereocenters. The Hall–Kier alpha value is -0.700. The maximum atomic E-state index is 14.1. The molecule has 0 spiro atoms. The molecular formula is C17H24F2N2O2S2. The molecule has 0 N–H and O–H groups in total. The van der Waals surface area contributed by atoms with Crippen molar-refractivity contribution in [3.8, 4) is 0 Å². The summed E-state index contributed by atoms with van der Waals surface area (Å²) in [5.74, 6) is -0.518. The van der Waals surface area contributed by atoms with Crippen LogP contribution in [0.3, 0.4) is 0 Å². The van der Waals surface area contributed by atoms with E-state index in [2.05, 4.69) is 4.90 Å². The molecule has 2 aliphatic heterocycles. The van der Waals surface area contributed by atoms with Gasteiger partial charge in [-0.1, -0.05) is 12.5 Å². The van der Waals surface area contributed by atoms with Gasteiger partial charge in [0.2, 0.25) is 10.0 Å². The first kappa shape index (κ1) is 19.1. The maximum absolute atomic E-state index is 14.1. The van der Waals surface area contributed by atoms with E-state index in [-0.39, 0.29) is 6.04 Å². The van der Waals surface area contributed by atoms with Crippen LogP contribution in [0.25, 0.3) is 0 Å². The first-order valence-electron chi connectivity index (χ1n) is 8.76. The van der Waals surface area contributed by atoms with Crippen molar-refractivity contribution in [1.82, 2.24) is 9.21 Å². The number of piperidine rings is 1. The number of hydrogen-bond donors (Lipinski definition) is 0. The fraction of sp³-hybridized carbons (Fsp3) is 0.647. The van der Waals surface area contributed by atoms with Crippen molar-refractivity contribution >= 4 is 21.8 Å². The van der Waals surface area contributed by atoms with E-state index in [0.29, 0.717) is 25.3 Å². The number of likely N-dealkylation sites (tertiary alicyclic amines) is 1. The minimum Gasteiger partial charge on any atom is -0.302 e. The molecule has 2 saturated heterocycles. The molecule has 8 heteroatoms. The molecule has 1 aromatic carbocycles. The molecule has 2 heterocycles. The van der Waals surface area contributed by atoms with Crippen LogP contribution in [0.2, 0.25) is 0 Å². The predicted octanol–water partition coefficient (Wildman–Crippen LogP) is 2.95. The van der Waals surface area contributed by atoms with Crippen LogP contribution in [0.15, 0.2) is 23.1 Å². The highest BCUT2D eigenvalue weighted by molar-refractivity contribution is 7.99. The van der Waals surface area contributed by atoms with Gasteiger partial charge in [0.1, 0.15) is 11.6 Å². The summed E-state index contributed by atoms with van der Waals surface area (Å²) in [5, 5.41) is 0. The molecule has 1 aromatic rings. The van der Waals surface area contributed by atoms with E-state index in [1.54, 1.807) is 11.8 Å². The van der Waals surface area contributed by atoms with Crippen molar-refractivity contribution in [2.24, 2.45) is 0 Å². The molecule has 0 bridgehead atoms. The normalized spacial score (nSPS) is 24.2. The van der Waals surface area contributed by atoms with Gasteiger partial charge in [-0.25, -0.2) is 17.2 Å². The smallest absolute Gasteiger partial charge is 0.249 e. The van der Waals surface area contributed by atoms with Gasteiger partial charge >= 0.3 is 0 Å². The van der Waals surface area contributed by atoms with Gasteiger partial charge in [0, 0.05) is 24.9 Å². The lowest BCUT2D eigenvalue weighted by Gasteiger charge is -2.35. The molecule has 4 nitrogen and oxygen atoms in total. The number of nitrogens with zero attached hydrogens (tertiary/aromatic N) is 2. The molecule has 3 rings (SSSR count). The second-order valence-corrected chi connectivity index (χ2v) is 9.59. The van der Waals surface area contributed by atoms with Crippen LogP contribution in [0.5, 0.6) is 0 Å². The van der Waals surface area contributed by atoms with Gasteiger partial charge in [-0.3, -0.25) is 0 Å². The Morgan fingerprint density at radius 3 is 2.40 bits per heavy atom. The number of thioether (sulfide) groups is 1. The van der Waals surface area contributed by atoms with Crippen molar-refractivity contribution in [1.29, 1.82) is 0 Å². The van der Waals surface area contributed by atoms with Crippen LogP contribution in [0.4, 0.5) is 8.78 Å². The molecule has 0 aliphatic carbocycles. The van der Waals surface area contributed by atoms with Gasteiger partial charge in [0.15, 0.2) is 4.90 Å². The highest BCUT2D eigenvalue weighted by Crippen LogP contribution is 2.28. The average molecular weight is 391 g/mol. The van der Waals surface area contributed by atoms with Gasteiger partial charge in [-0.2, -0.15) is 16.1 Å². The Morgan fingerprint density at radius 2 is 1.72 bits per heavy atom. The lowest BCUT2D eigenvalue weighted by Crippen LogP contribution is -2.49. The van der Waals surface area contributed by atoms with Gasteiger partial charge in [0.05, 0.1) is 0 Å². The fourth-order valence-electron chi connectivity index (χ4n) is 3.55. The molecule has 2 fully saturated rings. The Bertz CT molecular complexity index is 674. The lowest BCUT2D eigenvalue weighted by molar-refractivity contribution is 0.183. The summed E-state index contributed by atoms with van der Waals surface area (Å²) in [5.41, 5.74) is 0. The SMILES string of the molecule is O=S(=O)(c1c(F)cccc1F)N1CCCSCC1CN1CCCCC1. The summed E-state index contributed by atoms with van der Waals surface area (Å²) in [6.45, 7) is 2.86. The molecule has 0 saturated carbocycles. The topological polar surface area (TPSA) is 40.6 Å². The molecular weight excluding hydrogens is 366 g/mol. The molecule has 2 aliphatic rings. The Balaban J connectivity index is 1.89. The first-order valence-corrected chi connectivity index (χ1v) is 11.4.